The average molecular weight is 493 g/mol. The highest BCUT2D eigenvalue weighted by Crippen LogP contribution is 2.20. The number of carboxylic acids is 1. The maximum Gasteiger partial charge on any atom is 0.346 e. The van der Waals surface area contributed by atoms with Crippen molar-refractivity contribution < 1.29 is 24.4 Å². The molecule has 12 nitrogen and oxygen atoms in total. The standard InChI is InChI=1S/C24H23N5O7/c1-12-7-8-16(29(35)36)10-17(12)21(30)26-18(23(32)33)9-15-11-25-24(34)28-20(15)27-22(31)19-13(2)5-4-6-14(19)3/h4-8,10-11,18H,9H2,1-3H3,(H,26,30)(H,32,33)(H2,25,27,28,31,34). The molecule has 186 valence electrons. The summed E-state index contributed by atoms with van der Waals surface area (Å²) in [6, 6.07) is 7.47. The summed E-state index contributed by atoms with van der Waals surface area (Å²) >= 11 is 0. The van der Waals surface area contributed by atoms with Gasteiger partial charge in [0.1, 0.15) is 11.9 Å². The van der Waals surface area contributed by atoms with Gasteiger partial charge in [-0.1, -0.05) is 24.3 Å². The molecule has 36 heavy (non-hydrogen) atoms. The van der Waals surface area contributed by atoms with Gasteiger partial charge in [0, 0.05) is 41.4 Å². The minimum Gasteiger partial charge on any atom is -0.480 e. The summed E-state index contributed by atoms with van der Waals surface area (Å²) in [5, 5.41) is 25.7. The third kappa shape index (κ3) is 5.78. The van der Waals surface area contributed by atoms with Gasteiger partial charge >= 0.3 is 11.7 Å². The number of carbonyl (C=O) groups excluding carboxylic acids is 2. The summed E-state index contributed by atoms with van der Waals surface area (Å²) in [6.45, 7) is 5.06. The SMILES string of the molecule is Cc1ccc([N+](=O)[O-])cc1C(=O)NC(Cc1c[nH]c(=O)nc1NC(=O)c1c(C)cccc1C)C(=O)O. The predicted octanol–water partition coefficient (Wildman–Crippen LogP) is 2.28. The van der Waals surface area contributed by atoms with E-state index in [1.165, 1.54) is 18.3 Å². The van der Waals surface area contributed by atoms with E-state index in [0.29, 0.717) is 22.3 Å². The number of nitro groups is 1. The highest BCUT2D eigenvalue weighted by Gasteiger charge is 2.25. The van der Waals surface area contributed by atoms with E-state index in [4.69, 9.17) is 0 Å². The third-order valence-electron chi connectivity index (χ3n) is 5.53. The van der Waals surface area contributed by atoms with Crippen molar-refractivity contribution in [3.05, 3.63) is 96.6 Å². The highest BCUT2D eigenvalue weighted by molar-refractivity contribution is 6.06. The number of amides is 2. The van der Waals surface area contributed by atoms with E-state index in [9.17, 15) is 34.4 Å². The largest absolute Gasteiger partial charge is 0.480 e. The lowest BCUT2D eigenvalue weighted by Gasteiger charge is -2.17. The van der Waals surface area contributed by atoms with Gasteiger partial charge in [-0.3, -0.25) is 19.7 Å². The van der Waals surface area contributed by atoms with Gasteiger partial charge in [0.2, 0.25) is 0 Å². The van der Waals surface area contributed by atoms with Crippen LogP contribution in [0.25, 0.3) is 0 Å². The Morgan fingerprint density at radius 1 is 1.08 bits per heavy atom. The normalized spacial score (nSPS) is 11.4. The fourth-order valence-corrected chi connectivity index (χ4v) is 3.65. The lowest BCUT2D eigenvalue weighted by Crippen LogP contribution is -2.43. The summed E-state index contributed by atoms with van der Waals surface area (Å²) in [4.78, 5) is 66.0. The number of H-pyrrole nitrogens is 1. The number of rotatable bonds is 8. The number of non-ortho nitro benzene ring substituents is 1. The lowest BCUT2D eigenvalue weighted by atomic mass is 10.0. The molecule has 2 aromatic carbocycles. The zero-order valence-electron chi connectivity index (χ0n) is 19.6. The van der Waals surface area contributed by atoms with Gasteiger partial charge in [0.25, 0.3) is 17.5 Å². The Bertz CT molecular complexity index is 1410. The lowest BCUT2D eigenvalue weighted by molar-refractivity contribution is -0.384. The molecule has 3 rings (SSSR count). The summed E-state index contributed by atoms with van der Waals surface area (Å²) in [5.41, 5.74) is 1.20. The van der Waals surface area contributed by atoms with Crippen molar-refractivity contribution in [1.82, 2.24) is 15.3 Å². The molecule has 0 saturated heterocycles. The molecule has 0 saturated carbocycles. The van der Waals surface area contributed by atoms with Crippen molar-refractivity contribution in [3.63, 3.8) is 0 Å². The van der Waals surface area contributed by atoms with Gasteiger partial charge in [-0.05, 0) is 37.5 Å². The van der Waals surface area contributed by atoms with Crippen molar-refractivity contribution in [2.24, 2.45) is 0 Å². The van der Waals surface area contributed by atoms with E-state index in [-0.39, 0.29) is 29.1 Å². The average Bonchev–Trinajstić information content (AvgIpc) is 2.80. The molecule has 1 unspecified atom stereocenters. The quantitative estimate of drug-likeness (QED) is 0.272. The molecule has 0 fully saturated rings. The minimum absolute atomic E-state index is 0.0569. The van der Waals surface area contributed by atoms with Crippen molar-refractivity contribution in [2.45, 2.75) is 33.2 Å². The van der Waals surface area contributed by atoms with Crippen molar-refractivity contribution in [2.75, 3.05) is 5.32 Å². The van der Waals surface area contributed by atoms with Gasteiger partial charge in [0.15, 0.2) is 0 Å². The van der Waals surface area contributed by atoms with Gasteiger partial charge in [-0.25, -0.2) is 9.59 Å². The molecule has 3 aromatic rings. The molecule has 1 atom stereocenters. The first-order valence-electron chi connectivity index (χ1n) is 10.7. The second kappa shape index (κ2) is 10.6. The van der Waals surface area contributed by atoms with Gasteiger partial charge in [0.05, 0.1) is 4.92 Å². The summed E-state index contributed by atoms with van der Waals surface area (Å²) in [7, 11) is 0. The molecule has 0 aliphatic heterocycles. The second-order valence-electron chi connectivity index (χ2n) is 8.13. The molecule has 0 bridgehead atoms. The van der Waals surface area contributed by atoms with E-state index in [1.54, 1.807) is 39.0 Å². The van der Waals surface area contributed by atoms with E-state index >= 15 is 0 Å². The number of hydrogen-bond acceptors (Lipinski definition) is 7. The Morgan fingerprint density at radius 2 is 1.75 bits per heavy atom. The Labute approximate surface area is 204 Å². The van der Waals surface area contributed by atoms with E-state index < -0.39 is 34.4 Å². The first kappa shape index (κ1) is 25.7. The number of nitrogens with zero attached hydrogens (tertiary/aromatic N) is 2. The molecule has 2 amide bonds. The number of anilines is 1. The number of carboxylic acid groups (broad SMARTS) is 1. The van der Waals surface area contributed by atoms with Crippen LogP contribution >= 0.6 is 0 Å². The molecule has 0 aliphatic carbocycles. The van der Waals surface area contributed by atoms with Crippen molar-refractivity contribution >= 4 is 29.3 Å². The maximum absolute atomic E-state index is 12.9. The van der Waals surface area contributed by atoms with Crippen LogP contribution in [0.5, 0.6) is 0 Å². The number of hydrogen-bond donors (Lipinski definition) is 4. The number of aliphatic carboxylic acids is 1. The van der Waals surface area contributed by atoms with E-state index in [0.717, 1.165) is 6.07 Å². The second-order valence-corrected chi connectivity index (χ2v) is 8.13. The molecule has 4 N–H and O–H groups in total. The van der Waals surface area contributed by atoms with E-state index in [1.807, 2.05) is 0 Å². The fourth-order valence-electron chi connectivity index (χ4n) is 3.65. The van der Waals surface area contributed by atoms with Crippen LogP contribution < -0.4 is 16.3 Å². The Balaban J connectivity index is 1.89. The monoisotopic (exact) mass is 493 g/mol. The van der Waals surface area contributed by atoms with Crippen LogP contribution in [0.2, 0.25) is 0 Å². The molecule has 0 radical (unpaired) electrons. The molecule has 12 heteroatoms. The molecule has 1 aromatic heterocycles. The number of carbonyl (C=O) groups is 3. The van der Waals surface area contributed by atoms with Crippen molar-refractivity contribution in [1.29, 1.82) is 0 Å². The van der Waals surface area contributed by atoms with Crippen LogP contribution in [-0.4, -0.2) is 43.8 Å². The molecule has 0 aliphatic rings. The van der Waals surface area contributed by atoms with E-state index in [2.05, 4.69) is 20.6 Å². The number of nitrogens with one attached hydrogen (secondary N) is 3. The summed E-state index contributed by atoms with van der Waals surface area (Å²) < 4.78 is 0. The maximum atomic E-state index is 12.9. The highest BCUT2D eigenvalue weighted by atomic mass is 16.6. The third-order valence-corrected chi connectivity index (χ3v) is 5.53. The number of benzene rings is 2. The zero-order valence-corrected chi connectivity index (χ0v) is 19.6. The predicted molar refractivity (Wildman–Crippen MR) is 129 cm³/mol. The summed E-state index contributed by atoms with van der Waals surface area (Å²) in [6.07, 6.45) is 0.859. The smallest absolute Gasteiger partial charge is 0.346 e. The molecular formula is C24H23N5O7. The van der Waals surface area contributed by atoms with Crippen LogP contribution in [0.15, 0.2) is 47.4 Å². The van der Waals surface area contributed by atoms with Crippen molar-refractivity contribution in [3.8, 4) is 0 Å². The Kier molecular flexibility index (Phi) is 7.58. The Morgan fingerprint density at radius 3 is 2.36 bits per heavy atom. The van der Waals surface area contributed by atoms with Gasteiger partial charge in [-0.2, -0.15) is 4.98 Å². The number of aromatic amines is 1. The van der Waals surface area contributed by atoms with Crippen LogP contribution in [0, 0.1) is 30.9 Å². The molecule has 0 spiro atoms. The topological polar surface area (TPSA) is 184 Å². The number of aromatic nitrogens is 2. The van der Waals surface area contributed by atoms with Crippen LogP contribution in [0.1, 0.15) is 43.0 Å². The first-order valence-corrected chi connectivity index (χ1v) is 10.7. The van der Waals surface area contributed by atoms with Crippen LogP contribution in [0.4, 0.5) is 11.5 Å². The first-order chi connectivity index (χ1) is 17.0. The van der Waals surface area contributed by atoms with Crippen LogP contribution in [-0.2, 0) is 11.2 Å². The molecule has 1 heterocycles. The zero-order chi connectivity index (χ0) is 26.6. The van der Waals surface area contributed by atoms with Gasteiger partial charge in [-0.15, -0.1) is 0 Å². The van der Waals surface area contributed by atoms with Gasteiger partial charge < -0.3 is 20.7 Å². The number of nitro benzene ring substituents is 1. The fraction of sp³-hybridized carbons (Fsp3) is 0.208. The molecular weight excluding hydrogens is 470 g/mol. The summed E-state index contributed by atoms with van der Waals surface area (Å²) in [5.74, 6) is -2.92. The minimum atomic E-state index is -1.50. The van der Waals surface area contributed by atoms with Crippen LogP contribution in [0.3, 0.4) is 0 Å². The Hall–Kier alpha value is -4.87. The number of aryl methyl sites for hydroxylation is 3.